The summed E-state index contributed by atoms with van der Waals surface area (Å²) in [6.07, 6.45) is 0. The molecule has 0 radical (unpaired) electrons. The molecule has 0 aliphatic heterocycles. The molecule has 1 aliphatic carbocycles. The van der Waals surface area contributed by atoms with Gasteiger partial charge in [-0.05, 0) is 94.0 Å². The van der Waals surface area contributed by atoms with Crippen molar-refractivity contribution < 1.29 is 4.74 Å². The molecule has 5 aromatic carbocycles. The van der Waals surface area contributed by atoms with Gasteiger partial charge < -0.3 is 9.64 Å². The third kappa shape index (κ3) is 4.14. The Morgan fingerprint density at radius 1 is 0.595 bits per heavy atom. The summed E-state index contributed by atoms with van der Waals surface area (Å²) in [5.41, 5.74) is 11.1. The maximum absolute atomic E-state index is 5.44. The lowest BCUT2D eigenvalue weighted by atomic mass is 9.82. The van der Waals surface area contributed by atoms with Gasteiger partial charge in [0.2, 0.25) is 0 Å². The third-order valence-corrected chi connectivity index (χ3v) is 7.99. The van der Waals surface area contributed by atoms with Crippen LogP contribution in [-0.2, 0) is 5.41 Å². The number of nitrogens with zero attached hydrogens (tertiary/aromatic N) is 1. The van der Waals surface area contributed by atoms with Crippen LogP contribution in [0, 0.1) is 0 Å². The molecule has 0 heterocycles. The highest BCUT2D eigenvalue weighted by Gasteiger charge is 2.35. The van der Waals surface area contributed by atoms with E-state index >= 15 is 0 Å². The van der Waals surface area contributed by atoms with Gasteiger partial charge in [-0.1, -0.05) is 84.4 Å². The van der Waals surface area contributed by atoms with Gasteiger partial charge in [0.05, 0.1) is 7.11 Å². The van der Waals surface area contributed by atoms with Crippen molar-refractivity contribution in [3.05, 3.63) is 131 Å². The molecule has 1 aliphatic rings. The number of fused-ring (bicyclic) bond motifs is 3. The minimum absolute atomic E-state index is 0.0566. The quantitative estimate of drug-likeness (QED) is 0.218. The minimum Gasteiger partial charge on any atom is -0.497 e. The second-order valence-electron chi connectivity index (χ2n) is 9.99. The van der Waals surface area contributed by atoms with Crippen LogP contribution in [0.1, 0.15) is 25.0 Å². The van der Waals surface area contributed by atoms with Crippen LogP contribution in [0.3, 0.4) is 0 Å². The van der Waals surface area contributed by atoms with Crippen LogP contribution < -0.4 is 9.64 Å². The number of anilines is 3. The van der Waals surface area contributed by atoms with Gasteiger partial charge in [0.1, 0.15) is 5.75 Å². The Labute approximate surface area is 227 Å². The van der Waals surface area contributed by atoms with Gasteiger partial charge in [0.25, 0.3) is 0 Å². The molecule has 6 rings (SSSR count). The molecular formula is C34H28BrNO. The molecule has 0 saturated heterocycles. The lowest BCUT2D eigenvalue weighted by Crippen LogP contribution is -2.16. The van der Waals surface area contributed by atoms with Crippen LogP contribution in [0.5, 0.6) is 5.75 Å². The second-order valence-corrected chi connectivity index (χ2v) is 10.9. The van der Waals surface area contributed by atoms with Gasteiger partial charge in [0.15, 0.2) is 0 Å². The average molecular weight is 547 g/mol. The maximum Gasteiger partial charge on any atom is 0.119 e. The number of rotatable bonds is 5. The van der Waals surface area contributed by atoms with E-state index in [2.05, 4.69) is 138 Å². The first-order valence-electron chi connectivity index (χ1n) is 12.5. The zero-order chi connectivity index (χ0) is 25.6. The standard InChI is InChI=1S/C34H28BrNO/c1-34(2)32-7-5-4-6-30(32)31-21-18-28(22-33(31)34)36(27-16-19-29(37-3)20-17-27)26-14-10-24(11-15-26)23-8-12-25(35)13-9-23/h4-22H,1-3H3. The molecule has 3 heteroatoms. The van der Waals surface area contributed by atoms with Crippen LogP contribution >= 0.6 is 15.9 Å². The van der Waals surface area contributed by atoms with Crippen LogP contribution in [-0.4, -0.2) is 7.11 Å². The lowest BCUT2D eigenvalue weighted by molar-refractivity contribution is 0.415. The Bertz CT molecular complexity index is 1570. The first-order valence-corrected chi connectivity index (χ1v) is 13.3. The smallest absolute Gasteiger partial charge is 0.119 e. The summed E-state index contributed by atoms with van der Waals surface area (Å²) >= 11 is 3.53. The topological polar surface area (TPSA) is 12.5 Å². The number of methoxy groups -OCH3 is 1. The molecule has 37 heavy (non-hydrogen) atoms. The lowest BCUT2D eigenvalue weighted by Gasteiger charge is -2.28. The van der Waals surface area contributed by atoms with E-state index in [-0.39, 0.29) is 5.41 Å². The van der Waals surface area contributed by atoms with Crippen LogP contribution in [0.25, 0.3) is 22.3 Å². The Kier molecular flexibility index (Phi) is 5.89. The third-order valence-electron chi connectivity index (χ3n) is 7.46. The van der Waals surface area contributed by atoms with E-state index in [1.165, 1.54) is 33.4 Å². The van der Waals surface area contributed by atoms with Crippen molar-refractivity contribution in [1.82, 2.24) is 0 Å². The van der Waals surface area contributed by atoms with Crippen molar-refractivity contribution in [2.45, 2.75) is 19.3 Å². The summed E-state index contributed by atoms with van der Waals surface area (Å²) in [5, 5.41) is 0. The number of benzene rings is 5. The fourth-order valence-electron chi connectivity index (χ4n) is 5.46. The van der Waals surface area contributed by atoms with Gasteiger partial charge in [-0.25, -0.2) is 0 Å². The van der Waals surface area contributed by atoms with E-state index in [9.17, 15) is 0 Å². The van der Waals surface area contributed by atoms with Crippen molar-refractivity contribution in [3.8, 4) is 28.0 Å². The Morgan fingerprint density at radius 2 is 1.14 bits per heavy atom. The molecule has 0 unspecified atom stereocenters. The Morgan fingerprint density at radius 3 is 1.78 bits per heavy atom. The molecule has 0 N–H and O–H groups in total. The Hall–Kier alpha value is -3.82. The average Bonchev–Trinajstić information content (AvgIpc) is 3.16. The zero-order valence-corrected chi connectivity index (χ0v) is 22.8. The predicted molar refractivity (Wildman–Crippen MR) is 158 cm³/mol. The SMILES string of the molecule is COc1ccc(N(c2ccc(-c3ccc(Br)cc3)cc2)c2ccc3c(c2)C(C)(C)c2ccccc2-3)cc1. The van der Waals surface area contributed by atoms with E-state index in [0.29, 0.717) is 0 Å². The van der Waals surface area contributed by atoms with Gasteiger partial charge in [-0.3, -0.25) is 0 Å². The first kappa shape index (κ1) is 23.6. The van der Waals surface area contributed by atoms with Crippen LogP contribution in [0.2, 0.25) is 0 Å². The van der Waals surface area contributed by atoms with Crippen molar-refractivity contribution in [2.75, 3.05) is 12.0 Å². The van der Waals surface area contributed by atoms with E-state index in [4.69, 9.17) is 4.74 Å². The van der Waals surface area contributed by atoms with Gasteiger partial charge in [-0.2, -0.15) is 0 Å². The first-order chi connectivity index (χ1) is 18.0. The van der Waals surface area contributed by atoms with Crippen LogP contribution in [0.4, 0.5) is 17.1 Å². The maximum atomic E-state index is 5.44. The second kappa shape index (κ2) is 9.24. The number of hydrogen-bond donors (Lipinski definition) is 0. The van der Waals surface area contributed by atoms with Gasteiger partial charge in [0, 0.05) is 26.9 Å². The van der Waals surface area contributed by atoms with Crippen molar-refractivity contribution in [1.29, 1.82) is 0 Å². The molecule has 0 saturated carbocycles. The summed E-state index contributed by atoms with van der Waals surface area (Å²) < 4.78 is 6.52. The summed E-state index contributed by atoms with van der Waals surface area (Å²) in [6, 6.07) is 41.2. The summed E-state index contributed by atoms with van der Waals surface area (Å²) in [6.45, 7) is 4.65. The molecule has 5 aromatic rings. The Balaban J connectivity index is 1.46. The summed E-state index contributed by atoms with van der Waals surface area (Å²) in [5.74, 6) is 0.847. The fraction of sp³-hybridized carbons (Fsp3) is 0.118. The van der Waals surface area contributed by atoms with Crippen molar-refractivity contribution in [2.24, 2.45) is 0 Å². The molecule has 182 valence electrons. The van der Waals surface area contributed by atoms with E-state index in [0.717, 1.165) is 27.3 Å². The number of ether oxygens (including phenoxy) is 1. The van der Waals surface area contributed by atoms with Crippen molar-refractivity contribution in [3.63, 3.8) is 0 Å². The van der Waals surface area contributed by atoms with Gasteiger partial charge >= 0.3 is 0 Å². The number of hydrogen-bond acceptors (Lipinski definition) is 2. The van der Waals surface area contributed by atoms with Gasteiger partial charge in [-0.15, -0.1) is 0 Å². The zero-order valence-electron chi connectivity index (χ0n) is 21.2. The highest BCUT2D eigenvalue weighted by molar-refractivity contribution is 9.10. The molecule has 0 fully saturated rings. The van der Waals surface area contributed by atoms with E-state index < -0.39 is 0 Å². The summed E-state index contributed by atoms with van der Waals surface area (Å²) in [7, 11) is 1.70. The largest absolute Gasteiger partial charge is 0.497 e. The molecule has 2 nitrogen and oxygen atoms in total. The molecule has 0 atom stereocenters. The highest BCUT2D eigenvalue weighted by atomic mass is 79.9. The molecule has 0 spiro atoms. The molecular weight excluding hydrogens is 518 g/mol. The highest BCUT2D eigenvalue weighted by Crippen LogP contribution is 2.50. The predicted octanol–water partition coefficient (Wildman–Crippen LogP) is 9.90. The van der Waals surface area contributed by atoms with E-state index in [1.54, 1.807) is 7.11 Å². The normalized spacial score (nSPS) is 13.1. The molecule has 0 aromatic heterocycles. The molecule has 0 bridgehead atoms. The van der Waals surface area contributed by atoms with Crippen molar-refractivity contribution >= 4 is 33.0 Å². The van der Waals surface area contributed by atoms with E-state index in [1.807, 2.05) is 12.1 Å². The fourth-order valence-corrected chi connectivity index (χ4v) is 5.72. The monoisotopic (exact) mass is 545 g/mol. The number of halogens is 1. The van der Waals surface area contributed by atoms with Crippen LogP contribution in [0.15, 0.2) is 120 Å². The summed E-state index contributed by atoms with van der Waals surface area (Å²) in [4.78, 5) is 2.32. The molecule has 0 amide bonds. The minimum atomic E-state index is -0.0566.